The highest BCUT2D eigenvalue weighted by molar-refractivity contribution is 7.07. The first-order valence-electron chi connectivity index (χ1n) is 7.15. The van der Waals surface area contributed by atoms with Crippen molar-refractivity contribution in [3.8, 4) is 0 Å². The molecule has 112 valence electrons. The highest BCUT2D eigenvalue weighted by Gasteiger charge is 2.36. The minimum Gasteiger partial charge on any atom is -0.336 e. The molecular formula is C15H20N4OS. The van der Waals surface area contributed by atoms with E-state index in [1.54, 1.807) is 22.4 Å². The molecular weight excluding hydrogens is 284 g/mol. The second kappa shape index (κ2) is 5.89. The van der Waals surface area contributed by atoms with Crippen LogP contribution < -0.4 is 5.32 Å². The third-order valence-electron chi connectivity index (χ3n) is 3.86. The van der Waals surface area contributed by atoms with Gasteiger partial charge in [0, 0.05) is 33.0 Å². The maximum atomic E-state index is 12.4. The molecule has 0 saturated heterocycles. The second-order valence-electron chi connectivity index (χ2n) is 5.65. The molecule has 0 aromatic carbocycles. The van der Waals surface area contributed by atoms with Gasteiger partial charge in [-0.3, -0.25) is 0 Å². The molecule has 21 heavy (non-hydrogen) atoms. The molecule has 0 unspecified atom stereocenters. The largest absolute Gasteiger partial charge is 0.336 e. The number of carbonyl (C=O) groups is 1. The van der Waals surface area contributed by atoms with Crippen LogP contribution in [-0.4, -0.2) is 27.5 Å². The molecule has 6 heteroatoms. The Morgan fingerprint density at radius 1 is 1.62 bits per heavy atom. The number of imidazole rings is 1. The zero-order valence-corrected chi connectivity index (χ0v) is 13.1. The van der Waals surface area contributed by atoms with Crippen LogP contribution in [0.25, 0.3) is 0 Å². The van der Waals surface area contributed by atoms with Gasteiger partial charge in [0.25, 0.3) is 0 Å². The Balaban J connectivity index is 1.65. The van der Waals surface area contributed by atoms with Gasteiger partial charge in [0.05, 0.1) is 6.04 Å². The van der Waals surface area contributed by atoms with Crippen LogP contribution in [0.5, 0.6) is 0 Å². The number of nitrogens with one attached hydrogen (secondary N) is 1. The zero-order chi connectivity index (χ0) is 14.8. The molecule has 2 aromatic heterocycles. The van der Waals surface area contributed by atoms with E-state index in [4.69, 9.17) is 0 Å². The van der Waals surface area contributed by atoms with Crippen LogP contribution in [0.4, 0.5) is 4.79 Å². The standard InChI is InChI=1S/C15H20N4OS/c1-18-7-6-16-14(18)13(12-3-4-12)17-15(20)19(2)9-11-5-8-21-10-11/h5-8,10,12-13H,3-4,9H2,1-2H3,(H,17,20)/t13-/m1/s1. The number of hydrogen-bond acceptors (Lipinski definition) is 3. The predicted molar refractivity (Wildman–Crippen MR) is 83.0 cm³/mol. The van der Waals surface area contributed by atoms with Crippen LogP contribution in [0.2, 0.25) is 0 Å². The summed E-state index contributed by atoms with van der Waals surface area (Å²) in [7, 11) is 3.80. The summed E-state index contributed by atoms with van der Waals surface area (Å²) < 4.78 is 1.99. The van der Waals surface area contributed by atoms with Gasteiger partial charge in [-0.1, -0.05) is 0 Å². The zero-order valence-electron chi connectivity index (χ0n) is 12.3. The molecule has 0 spiro atoms. The maximum Gasteiger partial charge on any atom is 0.318 e. The molecule has 2 heterocycles. The smallest absolute Gasteiger partial charge is 0.318 e. The Hall–Kier alpha value is -1.82. The van der Waals surface area contributed by atoms with E-state index in [-0.39, 0.29) is 12.1 Å². The number of amides is 2. The first-order chi connectivity index (χ1) is 10.1. The van der Waals surface area contributed by atoms with Crippen LogP contribution in [0.15, 0.2) is 29.2 Å². The molecule has 0 radical (unpaired) electrons. The summed E-state index contributed by atoms with van der Waals surface area (Å²) in [5.74, 6) is 1.46. The van der Waals surface area contributed by atoms with E-state index >= 15 is 0 Å². The lowest BCUT2D eigenvalue weighted by Gasteiger charge is -2.23. The summed E-state index contributed by atoms with van der Waals surface area (Å²) >= 11 is 1.65. The van der Waals surface area contributed by atoms with E-state index in [1.807, 2.05) is 36.3 Å². The molecule has 1 aliphatic carbocycles. The number of thiophene rings is 1. The molecule has 2 amide bonds. The summed E-state index contributed by atoms with van der Waals surface area (Å²) in [6.45, 7) is 0.632. The van der Waals surface area contributed by atoms with Crippen LogP contribution >= 0.6 is 11.3 Å². The number of urea groups is 1. The Bertz CT molecular complexity index is 603. The van der Waals surface area contributed by atoms with Crippen LogP contribution in [-0.2, 0) is 13.6 Å². The molecule has 5 nitrogen and oxygen atoms in total. The van der Waals surface area contributed by atoms with Crippen LogP contribution in [0.3, 0.4) is 0 Å². The highest BCUT2D eigenvalue weighted by Crippen LogP contribution is 2.40. The van der Waals surface area contributed by atoms with Crippen molar-refractivity contribution in [3.63, 3.8) is 0 Å². The quantitative estimate of drug-likeness (QED) is 0.923. The van der Waals surface area contributed by atoms with E-state index in [1.165, 1.54) is 0 Å². The fraction of sp³-hybridized carbons (Fsp3) is 0.467. The fourth-order valence-electron chi connectivity index (χ4n) is 2.47. The van der Waals surface area contributed by atoms with Gasteiger partial charge >= 0.3 is 6.03 Å². The Morgan fingerprint density at radius 3 is 3.00 bits per heavy atom. The van der Waals surface area contributed by atoms with Gasteiger partial charge in [0.2, 0.25) is 0 Å². The average Bonchev–Trinajstić information content (AvgIpc) is 3.02. The van der Waals surface area contributed by atoms with Crippen molar-refractivity contribution in [2.45, 2.75) is 25.4 Å². The maximum absolute atomic E-state index is 12.4. The van der Waals surface area contributed by atoms with Gasteiger partial charge in [-0.2, -0.15) is 11.3 Å². The highest BCUT2D eigenvalue weighted by atomic mass is 32.1. The van der Waals surface area contributed by atoms with Crippen molar-refractivity contribution in [1.29, 1.82) is 0 Å². The van der Waals surface area contributed by atoms with Gasteiger partial charge in [0.1, 0.15) is 5.82 Å². The van der Waals surface area contributed by atoms with Crippen molar-refractivity contribution < 1.29 is 4.79 Å². The van der Waals surface area contributed by atoms with E-state index in [9.17, 15) is 4.79 Å². The summed E-state index contributed by atoms with van der Waals surface area (Å²) in [5, 5.41) is 7.24. The lowest BCUT2D eigenvalue weighted by atomic mass is 10.1. The van der Waals surface area contributed by atoms with Crippen LogP contribution in [0.1, 0.15) is 30.3 Å². The van der Waals surface area contributed by atoms with Gasteiger partial charge in [-0.15, -0.1) is 0 Å². The Labute approximate surface area is 128 Å². The van der Waals surface area contributed by atoms with E-state index < -0.39 is 0 Å². The monoisotopic (exact) mass is 304 g/mol. The summed E-state index contributed by atoms with van der Waals surface area (Å²) in [4.78, 5) is 18.5. The van der Waals surface area contributed by atoms with Crippen molar-refractivity contribution in [1.82, 2.24) is 19.8 Å². The van der Waals surface area contributed by atoms with Gasteiger partial charge in [-0.25, -0.2) is 9.78 Å². The summed E-state index contributed by atoms with van der Waals surface area (Å²) in [6, 6.07) is 2.02. The molecule has 0 bridgehead atoms. The second-order valence-corrected chi connectivity index (χ2v) is 6.43. The minimum absolute atomic E-state index is 0.0161. The van der Waals surface area contributed by atoms with E-state index in [2.05, 4.69) is 15.7 Å². The third-order valence-corrected chi connectivity index (χ3v) is 4.59. The number of carbonyl (C=O) groups excluding carboxylic acids is 1. The molecule has 1 saturated carbocycles. The molecule has 1 atom stereocenters. The summed E-state index contributed by atoms with van der Waals surface area (Å²) in [5.41, 5.74) is 1.16. The molecule has 2 aromatic rings. The topological polar surface area (TPSA) is 50.2 Å². The van der Waals surface area contributed by atoms with E-state index in [0.29, 0.717) is 12.5 Å². The van der Waals surface area contributed by atoms with Gasteiger partial charge < -0.3 is 14.8 Å². The summed E-state index contributed by atoms with van der Waals surface area (Å²) in [6.07, 6.45) is 6.02. The molecule has 1 N–H and O–H groups in total. The van der Waals surface area contributed by atoms with Crippen molar-refractivity contribution in [2.24, 2.45) is 13.0 Å². The molecule has 1 fully saturated rings. The first-order valence-corrected chi connectivity index (χ1v) is 8.09. The number of rotatable bonds is 5. The Kier molecular flexibility index (Phi) is 3.96. The van der Waals surface area contributed by atoms with Crippen molar-refractivity contribution in [2.75, 3.05) is 7.05 Å². The first kappa shape index (κ1) is 14.1. The number of hydrogen-bond donors (Lipinski definition) is 1. The van der Waals surface area contributed by atoms with Crippen molar-refractivity contribution >= 4 is 17.4 Å². The molecule has 3 rings (SSSR count). The van der Waals surface area contributed by atoms with Gasteiger partial charge in [-0.05, 0) is 41.1 Å². The lowest BCUT2D eigenvalue weighted by molar-refractivity contribution is 0.200. The number of aromatic nitrogens is 2. The van der Waals surface area contributed by atoms with Crippen molar-refractivity contribution in [3.05, 3.63) is 40.6 Å². The minimum atomic E-state index is -0.0406. The SMILES string of the molecule is CN(Cc1ccsc1)C(=O)N[C@@H](c1nccn1C)C1CC1. The normalized spacial score (nSPS) is 15.7. The number of nitrogens with zero attached hydrogens (tertiary/aromatic N) is 3. The van der Waals surface area contributed by atoms with Crippen LogP contribution in [0, 0.1) is 5.92 Å². The average molecular weight is 304 g/mol. The Morgan fingerprint density at radius 2 is 2.43 bits per heavy atom. The van der Waals surface area contributed by atoms with E-state index in [0.717, 1.165) is 24.2 Å². The predicted octanol–water partition coefficient (Wildman–Crippen LogP) is 2.77. The molecule has 1 aliphatic rings. The fourth-order valence-corrected chi connectivity index (χ4v) is 3.13. The lowest BCUT2D eigenvalue weighted by Crippen LogP contribution is -2.40. The number of aryl methyl sites for hydroxylation is 1. The van der Waals surface area contributed by atoms with Gasteiger partial charge in [0.15, 0.2) is 0 Å². The third kappa shape index (κ3) is 3.26. The molecule has 0 aliphatic heterocycles.